The number of hydrogen-bond donors (Lipinski definition) is 2. The van der Waals surface area contributed by atoms with Gasteiger partial charge in [-0.05, 0) is 31.4 Å². The monoisotopic (exact) mass is 326 g/mol. The zero-order chi connectivity index (χ0) is 16.0. The van der Waals surface area contributed by atoms with E-state index in [-0.39, 0.29) is 18.9 Å². The molecule has 1 aliphatic heterocycles. The summed E-state index contributed by atoms with van der Waals surface area (Å²) in [6, 6.07) is 3.72. The average Bonchev–Trinajstić information content (AvgIpc) is 2.47. The summed E-state index contributed by atoms with van der Waals surface area (Å²) < 4.78 is 24.1. The van der Waals surface area contributed by atoms with Crippen LogP contribution in [0.5, 0.6) is 0 Å². The Morgan fingerprint density at radius 3 is 2.59 bits per heavy atom. The van der Waals surface area contributed by atoms with Gasteiger partial charge in [0.25, 0.3) is 0 Å². The predicted octanol–water partition coefficient (Wildman–Crippen LogP) is 0.950. The van der Waals surface area contributed by atoms with Crippen LogP contribution in [0.1, 0.15) is 25.7 Å². The number of amides is 1. The van der Waals surface area contributed by atoms with Crippen molar-refractivity contribution in [2.24, 2.45) is 0 Å². The lowest BCUT2D eigenvalue weighted by Gasteiger charge is -2.27. The number of nitrogens with zero attached hydrogens (tertiary/aromatic N) is 2. The van der Waals surface area contributed by atoms with Crippen LogP contribution in [0.15, 0.2) is 18.3 Å². The molecule has 0 aliphatic carbocycles. The van der Waals surface area contributed by atoms with E-state index in [1.807, 2.05) is 12.1 Å². The summed E-state index contributed by atoms with van der Waals surface area (Å²) in [5, 5.41) is 2.70. The molecular formula is C14H22N4O3S. The van der Waals surface area contributed by atoms with Gasteiger partial charge in [-0.15, -0.1) is 0 Å². The van der Waals surface area contributed by atoms with E-state index in [0.29, 0.717) is 5.69 Å². The Kier molecular flexibility index (Phi) is 5.73. The van der Waals surface area contributed by atoms with Crippen LogP contribution in [0.4, 0.5) is 11.5 Å². The molecular weight excluding hydrogens is 304 g/mol. The molecule has 0 bridgehead atoms. The highest BCUT2D eigenvalue weighted by molar-refractivity contribution is 7.88. The van der Waals surface area contributed by atoms with E-state index in [9.17, 15) is 13.2 Å². The van der Waals surface area contributed by atoms with Crippen molar-refractivity contribution in [2.45, 2.75) is 25.7 Å². The first-order valence-corrected chi connectivity index (χ1v) is 9.29. The van der Waals surface area contributed by atoms with Crippen molar-refractivity contribution >= 4 is 27.4 Å². The SMILES string of the molecule is CS(=O)(=O)NCCC(=O)Nc1ccc(N2CCCCC2)nc1. The summed E-state index contributed by atoms with van der Waals surface area (Å²) in [5.41, 5.74) is 0.616. The number of hydrogen-bond acceptors (Lipinski definition) is 5. The Morgan fingerprint density at radius 2 is 2.00 bits per heavy atom. The summed E-state index contributed by atoms with van der Waals surface area (Å²) in [5.74, 6) is 0.681. The molecule has 7 nitrogen and oxygen atoms in total. The van der Waals surface area contributed by atoms with Crippen molar-refractivity contribution < 1.29 is 13.2 Å². The van der Waals surface area contributed by atoms with E-state index in [4.69, 9.17) is 0 Å². The summed E-state index contributed by atoms with van der Waals surface area (Å²) in [6.45, 7) is 2.13. The van der Waals surface area contributed by atoms with Crippen LogP contribution in [-0.4, -0.2) is 45.2 Å². The van der Waals surface area contributed by atoms with Crippen molar-refractivity contribution in [1.82, 2.24) is 9.71 Å². The van der Waals surface area contributed by atoms with Gasteiger partial charge in [-0.3, -0.25) is 4.79 Å². The van der Waals surface area contributed by atoms with Gasteiger partial charge in [-0.2, -0.15) is 0 Å². The van der Waals surface area contributed by atoms with Gasteiger partial charge < -0.3 is 10.2 Å². The van der Waals surface area contributed by atoms with Gasteiger partial charge in [0, 0.05) is 26.1 Å². The molecule has 2 heterocycles. The first-order chi connectivity index (χ1) is 10.4. The molecule has 122 valence electrons. The van der Waals surface area contributed by atoms with Crippen LogP contribution in [0.2, 0.25) is 0 Å². The zero-order valence-corrected chi connectivity index (χ0v) is 13.5. The van der Waals surface area contributed by atoms with E-state index >= 15 is 0 Å². The first kappa shape index (κ1) is 16.7. The summed E-state index contributed by atoms with van der Waals surface area (Å²) in [4.78, 5) is 18.3. The number of sulfonamides is 1. The van der Waals surface area contributed by atoms with Crippen LogP contribution in [0.3, 0.4) is 0 Å². The summed E-state index contributed by atoms with van der Waals surface area (Å²) >= 11 is 0. The molecule has 1 aromatic rings. The number of carbonyl (C=O) groups is 1. The van der Waals surface area contributed by atoms with E-state index in [1.54, 1.807) is 6.20 Å². The maximum Gasteiger partial charge on any atom is 0.225 e. The molecule has 1 saturated heterocycles. The maximum atomic E-state index is 11.7. The molecule has 8 heteroatoms. The average molecular weight is 326 g/mol. The highest BCUT2D eigenvalue weighted by Crippen LogP contribution is 2.18. The minimum absolute atomic E-state index is 0.0843. The Balaban J connectivity index is 1.81. The minimum Gasteiger partial charge on any atom is -0.357 e. The van der Waals surface area contributed by atoms with E-state index in [1.165, 1.54) is 19.3 Å². The van der Waals surface area contributed by atoms with Crippen molar-refractivity contribution in [1.29, 1.82) is 0 Å². The third-order valence-corrected chi connectivity index (χ3v) is 4.16. The minimum atomic E-state index is -3.26. The second-order valence-corrected chi connectivity index (χ2v) is 7.25. The van der Waals surface area contributed by atoms with E-state index in [2.05, 4.69) is 19.9 Å². The topological polar surface area (TPSA) is 91.4 Å². The van der Waals surface area contributed by atoms with Crippen LogP contribution in [0.25, 0.3) is 0 Å². The fourth-order valence-corrected chi connectivity index (χ4v) is 2.82. The fraction of sp³-hybridized carbons (Fsp3) is 0.571. The molecule has 0 spiro atoms. The number of aromatic nitrogens is 1. The largest absolute Gasteiger partial charge is 0.357 e. The van der Waals surface area contributed by atoms with Crippen LogP contribution in [-0.2, 0) is 14.8 Å². The van der Waals surface area contributed by atoms with Crippen molar-refractivity contribution in [3.8, 4) is 0 Å². The number of rotatable bonds is 6. The molecule has 1 fully saturated rings. The number of anilines is 2. The molecule has 2 rings (SSSR count). The molecule has 0 unspecified atom stereocenters. The Morgan fingerprint density at radius 1 is 1.27 bits per heavy atom. The van der Waals surface area contributed by atoms with Crippen molar-refractivity contribution in [3.05, 3.63) is 18.3 Å². The number of carbonyl (C=O) groups excluding carboxylic acids is 1. The van der Waals surface area contributed by atoms with E-state index < -0.39 is 10.0 Å². The standard InChI is InChI=1S/C14H22N4O3S/c1-22(20,21)16-8-7-14(19)17-12-5-6-13(15-11-12)18-9-3-2-4-10-18/h5-6,11,16H,2-4,7-10H2,1H3,(H,17,19). The molecule has 0 radical (unpaired) electrons. The van der Waals surface area contributed by atoms with Crippen LogP contribution >= 0.6 is 0 Å². The Labute approximate surface area is 131 Å². The van der Waals surface area contributed by atoms with Crippen LogP contribution in [0, 0.1) is 0 Å². The molecule has 0 saturated carbocycles. The highest BCUT2D eigenvalue weighted by Gasteiger charge is 2.12. The Hall–Kier alpha value is -1.67. The second-order valence-electron chi connectivity index (χ2n) is 5.42. The first-order valence-electron chi connectivity index (χ1n) is 7.39. The molecule has 22 heavy (non-hydrogen) atoms. The summed E-state index contributed by atoms with van der Waals surface area (Å²) in [6.07, 6.45) is 6.42. The summed E-state index contributed by atoms with van der Waals surface area (Å²) in [7, 11) is -3.26. The van der Waals surface area contributed by atoms with Gasteiger partial charge in [0.05, 0.1) is 18.1 Å². The van der Waals surface area contributed by atoms with Gasteiger partial charge in [-0.25, -0.2) is 18.1 Å². The molecule has 0 atom stereocenters. The maximum absolute atomic E-state index is 11.7. The van der Waals surface area contributed by atoms with Crippen LogP contribution < -0.4 is 14.9 Å². The molecule has 1 aromatic heterocycles. The second kappa shape index (κ2) is 7.55. The highest BCUT2D eigenvalue weighted by atomic mass is 32.2. The molecule has 2 N–H and O–H groups in total. The van der Waals surface area contributed by atoms with Gasteiger partial charge >= 0.3 is 0 Å². The zero-order valence-electron chi connectivity index (χ0n) is 12.7. The quantitative estimate of drug-likeness (QED) is 0.812. The van der Waals surface area contributed by atoms with Gasteiger partial charge in [0.1, 0.15) is 5.82 Å². The third kappa shape index (κ3) is 5.61. The predicted molar refractivity (Wildman–Crippen MR) is 86.4 cm³/mol. The number of nitrogens with one attached hydrogen (secondary N) is 2. The fourth-order valence-electron chi connectivity index (χ4n) is 2.34. The Bertz CT molecular complexity index is 595. The van der Waals surface area contributed by atoms with Crippen molar-refractivity contribution in [2.75, 3.05) is 36.1 Å². The lowest BCUT2D eigenvalue weighted by Crippen LogP contribution is -2.30. The third-order valence-electron chi connectivity index (χ3n) is 3.43. The lowest BCUT2D eigenvalue weighted by atomic mass is 10.1. The number of pyridine rings is 1. The number of piperidine rings is 1. The smallest absolute Gasteiger partial charge is 0.225 e. The van der Waals surface area contributed by atoms with Gasteiger partial charge in [0.2, 0.25) is 15.9 Å². The molecule has 0 aromatic carbocycles. The normalized spacial score (nSPS) is 15.6. The van der Waals surface area contributed by atoms with Gasteiger partial charge in [0.15, 0.2) is 0 Å². The van der Waals surface area contributed by atoms with E-state index in [0.717, 1.165) is 25.2 Å². The van der Waals surface area contributed by atoms with Crippen molar-refractivity contribution in [3.63, 3.8) is 0 Å². The van der Waals surface area contributed by atoms with Gasteiger partial charge in [-0.1, -0.05) is 0 Å². The molecule has 1 amide bonds. The lowest BCUT2D eigenvalue weighted by molar-refractivity contribution is -0.116. The molecule has 1 aliphatic rings.